The molecule has 0 spiro atoms. The van der Waals surface area contributed by atoms with Gasteiger partial charge in [-0.3, -0.25) is 14.5 Å². The first kappa shape index (κ1) is 20.2. The maximum Gasteiger partial charge on any atom is 0.325 e. The molecule has 4 amide bonds. The Kier molecular flexibility index (Phi) is 5.02. The molecule has 3 aliphatic heterocycles. The van der Waals surface area contributed by atoms with Gasteiger partial charge in [-0.25, -0.2) is 4.79 Å². The van der Waals surface area contributed by atoms with Gasteiger partial charge in [0.1, 0.15) is 12.1 Å². The Hall–Kier alpha value is -2.77. The molecule has 1 N–H and O–H groups in total. The SMILES string of the molecule is C[C@]1(Cc2ccc3c(c2)OCO3)NC(=O)N(CC(=O)N2CCC[C@H]3CCCC[C@@H]32)C1=O. The topological polar surface area (TPSA) is 88.2 Å². The molecule has 1 saturated carbocycles. The van der Waals surface area contributed by atoms with Crippen molar-refractivity contribution in [1.29, 1.82) is 0 Å². The van der Waals surface area contributed by atoms with Gasteiger partial charge in [-0.05, 0) is 56.2 Å². The number of nitrogens with zero attached hydrogens (tertiary/aromatic N) is 2. The quantitative estimate of drug-likeness (QED) is 0.746. The third kappa shape index (κ3) is 3.62. The first-order valence-electron chi connectivity index (χ1n) is 11.3. The van der Waals surface area contributed by atoms with Crippen LogP contribution in [0.4, 0.5) is 4.79 Å². The molecule has 0 aromatic heterocycles. The van der Waals surface area contributed by atoms with Gasteiger partial charge >= 0.3 is 6.03 Å². The molecule has 0 radical (unpaired) electrons. The van der Waals surface area contributed by atoms with Gasteiger partial charge in [-0.1, -0.05) is 18.9 Å². The van der Waals surface area contributed by atoms with E-state index in [-0.39, 0.29) is 31.2 Å². The van der Waals surface area contributed by atoms with Crippen molar-refractivity contribution >= 4 is 17.8 Å². The maximum atomic E-state index is 13.2. The monoisotopic (exact) mass is 427 g/mol. The van der Waals surface area contributed by atoms with E-state index in [4.69, 9.17) is 9.47 Å². The summed E-state index contributed by atoms with van der Waals surface area (Å²) in [4.78, 5) is 42.0. The summed E-state index contributed by atoms with van der Waals surface area (Å²) >= 11 is 0. The molecule has 3 atom stereocenters. The fourth-order valence-corrected chi connectivity index (χ4v) is 5.63. The second-order valence-electron chi connectivity index (χ2n) is 9.36. The van der Waals surface area contributed by atoms with E-state index in [1.165, 1.54) is 19.3 Å². The van der Waals surface area contributed by atoms with E-state index in [9.17, 15) is 14.4 Å². The minimum absolute atomic E-state index is 0.118. The molecule has 4 aliphatic rings. The van der Waals surface area contributed by atoms with Crippen molar-refractivity contribution in [2.24, 2.45) is 5.92 Å². The fourth-order valence-electron chi connectivity index (χ4n) is 5.63. The maximum absolute atomic E-state index is 13.2. The minimum atomic E-state index is -1.10. The fraction of sp³-hybridized carbons (Fsp3) is 0.609. The lowest BCUT2D eigenvalue weighted by Gasteiger charge is -2.44. The van der Waals surface area contributed by atoms with Crippen LogP contribution in [0.25, 0.3) is 0 Å². The standard InChI is InChI=1S/C23H29N3O5/c1-23(12-15-8-9-18-19(11-15)31-14-30-18)21(28)26(22(29)24-23)13-20(27)25-10-4-6-16-5-2-3-7-17(16)25/h8-9,11,16-17H,2-7,10,12-14H2,1H3,(H,24,29)/t16-,17+,23-/m1/s1. The molecule has 0 bridgehead atoms. The zero-order chi connectivity index (χ0) is 21.6. The molecule has 3 fully saturated rings. The third-order valence-corrected chi connectivity index (χ3v) is 7.20. The van der Waals surface area contributed by atoms with Gasteiger partial charge < -0.3 is 19.7 Å². The largest absolute Gasteiger partial charge is 0.454 e. The van der Waals surface area contributed by atoms with Crippen LogP contribution in [0.15, 0.2) is 18.2 Å². The highest BCUT2D eigenvalue weighted by Crippen LogP contribution is 2.36. The van der Waals surface area contributed by atoms with E-state index < -0.39 is 11.6 Å². The Morgan fingerprint density at radius 1 is 1.13 bits per heavy atom. The molecule has 166 valence electrons. The Labute approximate surface area is 181 Å². The van der Waals surface area contributed by atoms with Crippen molar-refractivity contribution in [3.63, 3.8) is 0 Å². The number of carbonyl (C=O) groups excluding carboxylic acids is 3. The van der Waals surface area contributed by atoms with E-state index in [0.29, 0.717) is 23.8 Å². The summed E-state index contributed by atoms with van der Waals surface area (Å²) in [5.41, 5.74) is -0.241. The number of urea groups is 1. The number of likely N-dealkylation sites (tertiary alicyclic amines) is 1. The average molecular weight is 428 g/mol. The smallest absolute Gasteiger partial charge is 0.325 e. The first-order valence-corrected chi connectivity index (χ1v) is 11.3. The molecular weight excluding hydrogens is 398 g/mol. The molecular formula is C23H29N3O5. The number of fused-ring (bicyclic) bond motifs is 2. The molecule has 1 aromatic rings. The summed E-state index contributed by atoms with van der Waals surface area (Å²) in [5, 5.41) is 2.81. The number of hydrogen-bond donors (Lipinski definition) is 1. The summed E-state index contributed by atoms with van der Waals surface area (Å²) < 4.78 is 10.7. The molecule has 0 unspecified atom stereocenters. The highest BCUT2D eigenvalue weighted by Gasteiger charge is 2.49. The summed E-state index contributed by atoms with van der Waals surface area (Å²) in [6, 6.07) is 5.26. The van der Waals surface area contributed by atoms with Crippen LogP contribution >= 0.6 is 0 Å². The van der Waals surface area contributed by atoms with Crippen molar-refractivity contribution in [2.75, 3.05) is 19.9 Å². The summed E-state index contributed by atoms with van der Waals surface area (Å²) in [5.74, 6) is 1.39. The van der Waals surface area contributed by atoms with Crippen LogP contribution < -0.4 is 14.8 Å². The van der Waals surface area contributed by atoms with Crippen LogP contribution in [0.1, 0.15) is 51.0 Å². The first-order chi connectivity index (χ1) is 14.9. The van der Waals surface area contributed by atoms with Gasteiger partial charge in [-0.15, -0.1) is 0 Å². The van der Waals surface area contributed by atoms with Crippen molar-refractivity contribution < 1.29 is 23.9 Å². The normalized spacial score (nSPS) is 29.7. The molecule has 8 nitrogen and oxygen atoms in total. The lowest BCUT2D eigenvalue weighted by Crippen LogP contribution is -2.53. The van der Waals surface area contributed by atoms with Gasteiger partial charge in [-0.2, -0.15) is 0 Å². The summed E-state index contributed by atoms with van der Waals surface area (Å²) in [7, 11) is 0. The van der Waals surface area contributed by atoms with Gasteiger partial charge in [0.05, 0.1) is 0 Å². The predicted octanol–water partition coefficient (Wildman–Crippen LogP) is 2.45. The zero-order valence-corrected chi connectivity index (χ0v) is 17.9. The minimum Gasteiger partial charge on any atom is -0.454 e. The number of rotatable bonds is 4. The van der Waals surface area contributed by atoms with E-state index in [1.54, 1.807) is 13.0 Å². The summed E-state index contributed by atoms with van der Waals surface area (Å²) in [6.07, 6.45) is 7.05. The number of piperidine rings is 1. The third-order valence-electron chi connectivity index (χ3n) is 7.20. The van der Waals surface area contributed by atoms with Gasteiger partial charge in [0.15, 0.2) is 11.5 Å². The molecule has 2 saturated heterocycles. The second-order valence-corrected chi connectivity index (χ2v) is 9.36. The number of imide groups is 1. The molecule has 3 heterocycles. The Balaban J connectivity index is 1.28. The zero-order valence-electron chi connectivity index (χ0n) is 17.9. The van der Waals surface area contributed by atoms with Gasteiger partial charge in [0.2, 0.25) is 12.7 Å². The highest BCUT2D eigenvalue weighted by atomic mass is 16.7. The molecule has 1 aliphatic carbocycles. The number of ether oxygens (including phenoxy) is 2. The van der Waals surface area contributed by atoms with Crippen molar-refractivity contribution in [2.45, 2.75) is 63.5 Å². The number of hydrogen-bond acceptors (Lipinski definition) is 5. The lowest BCUT2D eigenvalue weighted by atomic mass is 9.78. The number of carbonyl (C=O) groups is 3. The van der Waals surface area contributed by atoms with Crippen LogP contribution in [-0.4, -0.2) is 59.1 Å². The number of nitrogens with one attached hydrogen (secondary N) is 1. The predicted molar refractivity (Wildman–Crippen MR) is 112 cm³/mol. The molecule has 1 aromatic carbocycles. The van der Waals surface area contributed by atoms with E-state index in [1.807, 2.05) is 17.0 Å². The van der Waals surface area contributed by atoms with E-state index in [2.05, 4.69) is 5.32 Å². The van der Waals surface area contributed by atoms with Crippen LogP contribution in [-0.2, 0) is 16.0 Å². The molecule has 31 heavy (non-hydrogen) atoms. The van der Waals surface area contributed by atoms with Crippen LogP contribution in [0.3, 0.4) is 0 Å². The lowest BCUT2D eigenvalue weighted by molar-refractivity contribution is -0.142. The Morgan fingerprint density at radius 3 is 2.77 bits per heavy atom. The van der Waals surface area contributed by atoms with Crippen molar-refractivity contribution in [3.8, 4) is 11.5 Å². The Morgan fingerprint density at radius 2 is 1.90 bits per heavy atom. The van der Waals surface area contributed by atoms with Crippen LogP contribution in [0.2, 0.25) is 0 Å². The number of amides is 4. The van der Waals surface area contributed by atoms with Crippen LogP contribution in [0.5, 0.6) is 11.5 Å². The van der Waals surface area contributed by atoms with E-state index >= 15 is 0 Å². The molecule has 8 heteroatoms. The second kappa shape index (κ2) is 7.73. The average Bonchev–Trinajstić information content (AvgIpc) is 3.31. The van der Waals surface area contributed by atoms with Crippen molar-refractivity contribution in [3.05, 3.63) is 23.8 Å². The molecule has 5 rings (SSSR count). The summed E-state index contributed by atoms with van der Waals surface area (Å²) in [6.45, 7) is 2.42. The van der Waals surface area contributed by atoms with Crippen molar-refractivity contribution in [1.82, 2.24) is 15.1 Å². The number of benzene rings is 1. The van der Waals surface area contributed by atoms with E-state index in [0.717, 1.165) is 36.3 Å². The highest BCUT2D eigenvalue weighted by molar-refractivity contribution is 6.09. The van der Waals surface area contributed by atoms with Gasteiger partial charge in [0.25, 0.3) is 5.91 Å². The van der Waals surface area contributed by atoms with Crippen LogP contribution in [0, 0.1) is 5.92 Å². The van der Waals surface area contributed by atoms with Gasteiger partial charge in [0, 0.05) is 19.0 Å². The Bertz CT molecular complexity index is 916.